The lowest BCUT2D eigenvalue weighted by Crippen LogP contribution is -2.67. The Hall–Kier alpha value is -1.65. The number of ether oxygens (including phenoxy) is 1. The fourth-order valence-corrected chi connectivity index (χ4v) is 4.69. The predicted octanol–water partition coefficient (Wildman–Crippen LogP) is 3.52. The lowest BCUT2D eigenvalue weighted by atomic mass is 9.34. The van der Waals surface area contributed by atoms with Gasteiger partial charge in [0.2, 0.25) is 5.91 Å². The third kappa shape index (κ3) is 2.24. The molecule has 1 saturated heterocycles. The Kier molecular flexibility index (Phi) is 3.19. The standard InChI is InChI=1S/C18H21F2NO2/c1-2-17-9-18(10-17,11-17)16(22)21-6-5-13(8-21)23-15-7-12(19)3-4-14(15)20/h3-4,7,13H,2,5-6,8-11H2,1H3/t13-,17?,18?/m1/s1. The highest BCUT2D eigenvalue weighted by atomic mass is 19.1. The molecule has 1 aliphatic heterocycles. The fraction of sp³-hybridized carbons (Fsp3) is 0.611. The number of amides is 1. The van der Waals surface area contributed by atoms with Crippen LogP contribution < -0.4 is 4.74 Å². The molecule has 0 unspecified atom stereocenters. The molecule has 5 heteroatoms. The molecular formula is C18H21F2NO2. The van der Waals surface area contributed by atoms with Crippen LogP contribution >= 0.6 is 0 Å². The average molecular weight is 321 g/mol. The van der Waals surface area contributed by atoms with Gasteiger partial charge in [-0.1, -0.05) is 13.3 Å². The molecule has 1 atom stereocenters. The van der Waals surface area contributed by atoms with E-state index in [1.54, 1.807) is 0 Å². The highest BCUT2D eigenvalue weighted by Crippen LogP contribution is 2.75. The van der Waals surface area contributed by atoms with Gasteiger partial charge in [-0.05, 0) is 36.8 Å². The summed E-state index contributed by atoms with van der Waals surface area (Å²) in [4.78, 5) is 14.5. The second-order valence-corrected chi connectivity index (χ2v) is 7.52. The minimum Gasteiger partial charge on any atom is -0.485 e. The molecule has 2 bridgehead atoms. The molecule has 3 aliphatic carbocycles. The average Bonchev–Trinajstić information content (AvgIpc) is 2.89. The summed E-state index contributed by atoms with van der Waals surface area (Å²) in [5.41, 5.74) is 0.324. The summed E-state index contributed by atoms with van der Waals surface area (Å²) in [7, 11) is 0. The fourth-order valence-electron chi connectivity index (χ4n) is 4.69. The quantitative estimate of drug-likeness (QED) is 0.849. The van der Waals surface area contributed by atoms with Gasteiger partial charge < -0.3 is 9.64 Å². The van der Waals surface area contributed by atoms with Gasteiger partial charge in [0.05, 0.1) is 12.0 Å². The molecule has 0 aromatic heterocycles. The molecule has 23 heavy (non-hydrogen) atoms. The predicted molar refractivity (Wildman–Crippen MR) is 81.0 cm³/mol. The molecule has 5 rings (SSSR count). The number of hydrogen-bond acceptors (Lipinski definition) is 2. The topological polar surface area (TPSA) is 29.5 Å². The van der Waals surface area contributed by atoms with E-state index in [2.05, 4.69) is 6.92 Å². The van der Waals surface area contributed by atoms with Gasteiger partial charge in [0.25, 0.3) is 0 Å². The second kappa shape index (κ2) is 4.92. The van der Waals surface area contributed by atoms with Crippen LogP contribution in [0.5, 0.6) is 5.75 Å². The van der Waals surface area contributed by atoms with Gasteiger partial charge in [0.1, 0.15) is 11.9 Å². The van der Waals surface area contributed by atoms with E-state index in [0.717, 1.165) is 43.9 Å². The highest BCUT2D eigenvalue weighted by molar-refractivity contribution is 5.86. The zero-order chi connectivity index (χ0) is 16.2. The first-order chi connectivity index (χ1) is 11.0. The molecular weight excluding hydrogens is 300 g/mol. The van der Waals surface area contributed by atoms with E-state index in [4.69, 9.17) is 4.74 Å². The van der Waals surface area contributed by atoms with Crippen LogP contribution in [-0.4, -0.2) is 30.0 Å². The molecule has 1 heterocycles. The van der Waals surface area contributed by atoms with Crippen molar-refractivity contribution in [2.45, 2.75) is 45.1 Å². The van der Waals surface area contributed by atoms with Crippen LogP contribution in [0, 0.1) is 22.5 Å². The number of likely N-dealkylation sites (tertiary alicyclic amines) is 1. The van der Waals surface area contributed by atoms with Gasteiger partial charge in [-0.2, -0.15) is 0 Å². The number of carbonyl (C=O) groups excluding carboxylic acids is 1. The molecule has 1 amide bonds. The van der Waals surface area contributed by atoms with Crippen LogP contribution in [0.3, 0.4) is 0 Å². The Morgan fingerprint density at radius 1 is 1.35 bits per heavy atom. The maximum atomic E-state index is 13.6. The van der Waals surface area contributed by atoms with Gasteiger partial charge in [-0.15, -0.1) is 0 Å². The van der Waals surface area contributed by atoms with Crippen molar-refractivity contribution >= 4 is 5.91 Å². The van der Waals surface area contributed by atoms with Gasteiger partial charge in [0.15, 0.2) is 11.6 Å². The smallest absolute Gasteiger partial charge is 0.228 e. The maximum Gasteiger partial charge on any atom is 0.228 e. The zero-order valence-corrected chi connectivity index (χ0v) is 13.3. The van der Waals surface area contributed by atoms with E-state index in [9.17, 15) is 13.6 Å². The van der Waals surface area contributed by atoms with Crippen molar-refractivity contribution in [2.24, 2.45) is 10.8 Å². The third-order valence-corrected chi connectivity index (χ3v) is 5.96. The van der Waals surface area contributed by atoms with Gasteiger partial charge in [-0.3, -0.25) is 4.79 Å². The zero-order valence-electron chi connectivity index (χ0n) is 13.3. The summed E-state index contributed by atoms with van der Waals surface area (Å²) in [5.74, 6) is -0.926. The number of carbonyl (C=O) groups is 1. The Bertz CT molecular complexity index is 641. The molecule has 0 spiro atoms. The van der Waals surface area contributed by atoms with Gasteiger partial charge in [0, 0.05) is 19.0 Å². The lowest BCUT2D eigenvalue weighted by Gasteiger charge is -2.70. The van der Waals surface area contributed by atoms with Crippen LogP contribution in [0.4, 0.5) is 8.78 Å². The van der Waals surface area contributed by atoms with Crippen molar-refractivity contribution in [3.8, 4) is 5.75 Å². The number of halogens is 2. The SMILES string of the molecule is CCC12CC(C(=O)N3CC[C@@H](Oc4cc(F)ccc4F)C3)(C1)C2. The van der Waals surface area contributed by atoms with Crippen LogP contribution in [0.1, 0.15) is 39.0 Å². The Morgan fingerprint density at radius 3 is 2.78 bits per heavy atom. The molecule has 3 saturated carbocycles. The van der Waals surface area contributed by atoms with E-state index in [1.165, 1.54) is 0 Å². The molecule has 4 fully saturated rings. The molecule has 1 aromatic rings. The molecule has 3 nitrogen and oxygen atoms in total. The second-order valence-electron chi connectivity index (χ2n) is 7.52. The first kappa shape index (κ1) is 14.9. The van der Waals surface area contributed by atoms with Crippen molar-refractivity contribution < 1.29 is 18.3 Å². The van der Waals surface area contributed by atoms with E-state index < -0.39 is 11.6 Å². The first-order valence-electron chi connectivity index (χ1n) is 8.36. The van der Waals surface area contributed by atoms with Crippen LogP contribution in [0.25, 0.3) is 0 Å². The Morgan fingerprint density at radius 2 is 2.09 bits per heavy atom. The summed E-state index contributed by atoms with van der Waals surface area (Å²) >= 11 is 0. The van der Waals surface area contributed by atoms with E-state index in [-0.39, 0.29) is 23.2 Å². The maximum absolute atomic E-state index is 13.6. The summed E-state index contributed by atoms with van der Waals surface area (Å²) in [6.07, 6.45) is 4.63. The van der Waals surface area contributed by atoms with Crippen LogP contribution in [0.2, 0.25) is 0 Å². The van der Waals surface area contributed by atoms with Crippen molar-refractivity contribution in [1.29, 1.82) is 0 Å². The van der Waals surface area contributed by atoms with E-state index >= 15 is 0 Å². The Balaban J connectivity index is 1.37. The first-order valence-corrected chi connectivity index (χ1v) is 8.36. The number of rotatable bonds is 4. The Labute approximate surface area is 134 Å². The van der Waals surface area contributed by atoms with Gasteiger partial charge in [-0.25, -0.2) is 8.78 Å². The normalized spacial score (nSPS) is 34.7. The monoisotopic (exact) mass is 321 g/mol. The molecule has 0 N–H and O–H groups in total. The van der Waals surface area contributed by atoms with E-state index in [0.29, 0.717) is 24.9 Å². The summed E-state index contributed by atoms with van der Waals surface area (Å²) in [6.45, 7) is 3.30. The minimum atomic E-state index is -0.569. The number of hydrogen-bond donors (Lipinski definition) is 0. The molecule has 0 radical (unpaired) electrons. The third-order valence-electron chi connectivity index (χ3n) is 5.96. The van der Waals surface area contributed by atoms with Crippen LogP contribution in [-0.2, 0) is 4.79 Å². The highest BCUT2D eigenvalue weighted by Gasteiger charge is 2.71. The van der Waals surface area contributed by atoms with Crippen molar-refractivity contribution in [2.75, 3.05) is 13.1 Å². The van der Waals surface area contributed by atoms with E-state index in [1.807, 2.05) is 4.90 Å². The molecule has 4 aliphatic rings. The van der Waals surface area contributed by atoms with Crippen molar-refractivity contribution in [3.05, 3.63) is 29.8 Å². The summed E-state index contributed by atoms with van der Waals surface area (Å²) in [5, 5.41) is 0. The van der Waals surface area contributed by atoms with Crippen LogP contribution in [0.15, 0.2) is 18.2 Å². The molecule has 124 valence electrons. The summed E-state index contributed by atoms with van der Waals surface area (Å²) < 4.78 is 32.4. The minimum absolute atomic E-state index is 0.0697. The molecule has 1 aromatic carbocycles. The van der Waals surface area contributed by atoms with Crippen molar-refractivity contribution in [3.63, 3.8) is 0 Å². The summed E-state index contributed by atoms with van der Waals surface area (Å²) in [6, 6.07) is 3.19. The van der Waals surface area contributed by atoms with Crippen molar-refractivity contribution in [1.82, 2.24) is 4.90 Å². The largest absolute Gasteiger partial charge is 0.485 e. The number of nitrogens with zero attached hydrogens (tertiary/aromatic N) is 1. The van der Waals surface area contributed by atoms with Gasteiger partial charge >= 0.3 is 0 Å². The number of benzene rings is 1. The lowest BCUT2D eigenvalue weighted by molar-refractivity contribution is -0.216.